The second kappa shape index (κ2) is 7.07. The van der Waals surface area contributed by atoms with Crippen molar-refractivity contribution in [2.75, 3.05) is 38.0 Å². The van der Waals surface area contributed by atoms with E-state index in [2.05, 4.69) is 92.9 Å². The standard InChI is InChI=1S/C19H25N2/c1-20(2)18-12-8-16(9-13-18)6-5-7-17-10-14-19(15-11-17)21(3)4/h5,8-15H,6-7H2,1-4H3/q+1. The smallest absolute Gasteiger partial charge is 0.113 e. The van der Waals surface area contributed by atoms with E-state index in [9.17, 15) is 0 Å². The van der Waals surface area contributed by atoms with Crippen LogP contribution in [0, 0.1) is 6.42 Å². The van der Waals surface area contributed by atoms with E-state index in [4.69, 9.17) is 0 Å². The highest BCUT2D eigenvalue weighted by molar-refractivity contribution is 5.47. The first kappa shape index (κ1) is 15.3. The Morgan fingerprint density at radius 1 is 0.619 bits per heavy atom. The van der Waals surface area contributed by atoms with Crippen molar-refractivity contribution in [3.05, 3.63) is 66.1 Å². The van der Waals surface area contributed by atoms with E-state index in [0.29, 0.717) is 0 Å². The Kier molecular flexibility index (Phi) is 5.15. The fourth-order valence-electron chi connectivity index (χ4n) is 2.27. The number of hydrogen-bond acceptors (Lipinski definition) is 2. The molecule has 0 spiro atoms. The van der Waals surface area contributed by atoms with Gasteiger partial charge < -0.3 is 9.80 Å². The molecule has 0 aliphatic heterocycles. The molecule has 2 aromatic rings. The van der Waals surface area contributed by atoms with Crippen molar-refractivity contribution in [2.45, 2.75) is 12.8 Å². The summed E-state index contributed by atoms with van der Waals surface area (Å²) in [6, 6.07) is 17.5. The van der Waals surface area contributed by atoms with Gasteiger partial charge in [-0.05, 0) is 35.4 Å². The first-order valence-electron chi connectivity index (χ1n) is 7.40. The average Bonchev–Trinajstić information content (AvgIpc) is 2.48. The predicted octanol–water partition coefficient (Wildman–Crippen LogP) is 3.81. The molecule has 0 N–H and O–H groups in total. The summed E-state index contributed by atoms with van der Waals surface area (Å²) >= 11 is 0. The minimum Gasteiger partial charge on any atom is -0.378 e. The summed E-state index contributed by atoms with van der Waals surface area (Å²) in [5.74, 6) is 0. The molecule has 0 atom stereocenters. The SMILES string of the molecule is CN(C)c1ccc(C[CH+]Cc2ccc(N(C)C)cc2)cc1. The summed E-state index contributed by atoms with van der Waals surface area (Å²) < 4.78 is 0. The monoisotopic (exact) mass is 281 g/mol. The molecule has 2 heteroatoms. The Morgan fingerprint density at radius 3 is 1.24 bits per heavy atom. The third-order valence-corrected chi connectivity index (χ3v) is 3.67. The molecule has 2 rings (SSSR count). The summed E-state index contributed by atoms with van der Waals surface area (Å²) in [6.07, 6.45) is 4.38. The van der Waals surface area contributed by atoms with E-state index >= 15 is 0 Å². The maximum atomic E-state index is 2.34. The van der Waals surface area contributed by atoms with Crippen LogP contribution in [0.4, 0.5) is 11.4 Å². The lowest BCUT2D eigenvalue weighted by molar-refractivity contribution is 1.02. The van der Waals surface area contributed by atoms with Crippen LogP contribution in [-0.4, -0.2) is 28.2 Å². The van der Waals surface area contributed by atoms with E-state index < -0.39 is 0 Å². The van der Waals surface area contributed by atoms with Crippen LogP contribution < -0.4 is 9.80 Å². The largest absolute Gasteiger partial charge is 0.378 e. The highest BCUT2D eigenvalue weighted by Crippen LogP contribution is 2.16. The molecular weight excluding hydrogens is 256 g/mol. The zero-order valence-corrected chi connectivity index (χ0v) is 13.5. The number of nitrogens with zero attached hydrogens (tertiary/aromatic N) is 2. The molecule has 0 bridgehead atoms. The highest BCUT2D eigenvalue weighted by Gasteiger charge is 2.05. The molecule has 0 fully saturated rings. The number of benzene rings is 2. The quantitative estimate of drug-likeness (QED) is 0.743. The molecule has 0 saturated carbocycles. The fourth-order valence-corrected chi connectivity index (χ4v) is 2.27. The maximum Gasteiger partial charge on any atom is 0.113 e. The van der Waals surface area contributed by atoms with Crippen LogP contribution in [-0.2, 0) is 12.8 Å². The van der Waals surface area contributed by atoms with Crippen molar-refractivity contribution in [3.63, 3.8) is 0 Å². The van der Waals surface area contributed by atoms with Gasteiger partial charge in [0.2, 0.25) is 0 Å². The molecule has 0 heterocycles. The van der Waals surface area contributed by atoms with Gasteiger partial charge in [0.15, 0.2) is 0 Å². The summed E-state index contributed by atoms with van der Waals surface area (Å²) in [4.78, 5) is 4.25. The van der Waals surface area contributed by atoms with Crippen molar-refractivity contribution < 1.29 is 0 Å². The Balaban J connectivity index is 1.83. The Labute approximate surface area is 129 Å². The zero-order valence-electron chi connectivity index (χ0n) is 13.5. The van der Waals surface area contributed by atoms with Gasteiger partial charge in [-0.25, -0.2) is 0 Å². The molecule has 0 amide bonds. The van der Waals surface area contributed by atoms with E-state index in [1.807, 2.05) is 0 Å². The highest BCUT2D eigenvalue weighted by atomic mass is 15.1. The van der Waals surface area contributed by atoms with Crippen molar-refractivity contribution in [2.24, 2.45) is 0 Å². The number of anilines is 2. The minimum atomic E-state index is 1.02. The molecular formula is C19H25N2+. The first-order valence-corrected chi connectivity index (χ1v) is 7.40. The topological polar surface area (TPSA) is 6.48 Å². The summed E-state index contributed by atoms with van der Waals surface area (Å²) in [7, 11) is 8.27. The van der Waals surface area contributed by atoms with Crippen LogP contribution in [0.25, 0.3) is 0 Å². The van der Waals surface area contributed by atoms with Gasteiger partial charge in [0.25, 0.3) is 0 Å². The normalized spacial score (nSPS) is 10.3. The van der Waals surface area contributed by atoms with Gasteiger partial charge in [0.05, 0.1) is 6.42 Å². The molecule has 0 aliphatic rings. The van der Waals surface area contributed by atoms with Crippen LogP contribution in [0.5, 0.6) is 0 Å². The van der Waals surface area contributed by atoms with Crippen molar-refractivity contribution in [1.82, 2.24) is 0 Å². The van der Waals surface area contributed by atoms with Crippen LogP contribution in [0.2, 0.25) is 0 Å². The van der Waals surface area contributed by atoms with Gasteiger partial charge in [-0.1, -0.05) is 24.3 Å². The van der Waals surface area contributed by atoms with Crippen molar-refractivity contribution in [1.29, 1.82) is 0 Å². The first-order chi connectivity index (χ1) is 10.1. The molecule has 21 heavy (non-hydrogen) atoms. The fraction of sp³-hybridized carbons (Fsp3) is 0.316. The maximum absolute atomic E-state index is 2.34. The van der Waals surface area contributed by atoms with Crippen molar-refractivity contribution >= 4 is 11.4 Å². The van der Waals surface area contributed by atoms with Crippen LogP contribution in [0.15, 0.2) is 48.5 Å². The number of rotatable bonds is 6. The lowest BCUT2D eigenvalue weighted by atomic mass is 10.0. The van der Waals surface area contributed by atoms with Crippen molar-refractivity contribution in [3.8, 4) is 0 Å². The third-order valence-electron chi connectivity index (χ3n) is 3.67. The molecule has 0 saturated heterocycles. The van der Waals surface area contributed by atoms with Crippen LogP contribution in [0.3, 0.4) is 0 Å². The van der Waals surface area contributed by atoms with Gasteiger partial charge in [0.1, 0.15) is 12.8 Å². The summed E-state index contributed by atoms with van der Waals surface area (Å²) in [6.45, 7) is 0. The van der Waals surface area contributed by atoms with E-state index in [1.54, 1.807) is 0 Å². The second-order valence-electron chi connectivity index (χ2n) is 5.82. The summed E-state index contributed by atoms with van der Waals surface area (Å²) in [5, 5.41) is 0. The lowest BCUT2D eigenvalue weighted by Gasteiger charge is -2.12. The van der Waals surface area contributed by atoms with E-state index in [1.165, 1.54) is 22.5 Å². The van der Waals surface area contributed by atoms with Gasteiger partial charge in [-0.3, -0.25) is 0 Å². The molecule has 0 unspecified atom stereocenters. The molecule has 2 nitrogen and oxygen atoms in total. The van der Waals surface area contributed by atoms with Crippen LogP contribution >= 0.6 is 0 Å². The lowest BCUT2D eigenvalue weighted by Crippen LogP contribution is -2.08. The summed E-state index contributed by atoms with van der Waals surface area (Å²) in [5.41, 5.74) is 5.23. The average molecular weight is 281 g/mol. The Hall–Kier alpha value is -2.09. The predicted molar refractivity (Wildman–Crippen MR) is 93.2 cm³/mol. The molecule has 110 valence electrons. The zero-order chi connectivity index (χ0) is 15.2. The second-order valence-corrected chi connectivity index (χ2v) is 5.82. The number of hydrogen-bond donors (Lipinski definition) is 0. The van der Waals surface area contributed by atoms with E-state index in [0.717, 1.165) is 12.8 Å². The Bertz CT molecular complexity index is 487. The third kappa shape index (κ3) is 4.45. The van der Waals surface area contributed by atoms with Crippen LogP contribution in [0.1, 0.15) is 11.1 Å². The van der Waals surface area contributed by atoms with Gasteiger partial charge in [-0.2, -0.15) is 0 Å². The molecule has 0 aliphatic carbocycles. The van der Waals surface area contributed by atoms with Gasteiger partial charge in [0, 0.05) is 39.6 Å². The van der Waals surface area contributed by atoms with E-state index in [-0.39, 0.29) is 0 Å². The molecule has 0 radical (unpaired) electrons. The Morgan fingerprint density at radius 2 is 0.952 bits per heavy atom. The minimum absolute atomic E-state index is 1.02. The molecule has 2 aromatic carbocycles. The molecule has 0 aromatic heterocycles. The van der Waals surface area contributed by atoms with Gasteiger partial charge >= 0.3 is 0 Å². The van der Waals surface area contributed by atoms with Gasteiger partial charge in [-0.15, -0.1) is 0 Å².